The molecule has 7 nitrogen and oxygen atoms in total. The Balaban J connectivity index is 1.53. The number of likely N-dealkylation sites (tertiary alicyclic amines) is 1. The van der Waals surface area contributed by atoms with Crippen molar-refractivity contribution in [3.8, 4) is 5.75 Å². The minimum Gasteiger partial charge on any atom is -0.491 e. The molecule has 0 N–H and O–H groups in total. The lowest BCUT2D eigenvalue weighted by Crippen LogP contribution is -2.54. The lowest BCUT2D eigenvalue weighted by Gasteiger charge is -2.43. The number of aryl methyl sites for hydroxylation is 2. The van der Waals surface area contributed by atoms with E-state index in [1.54, 1.807) is 4.68 Å². The minimum absolute atomic E-state index is 0.0205. The van der Waals surface area contributed by atoms with E-state index < -0.39 is 5.41 Å². The van der Waals surface area contributed by atoms with Gasteiger partial charge in [0.2, 0.25) is 5.91 Å². The first-order valence-corrected chi connectivity index (χ1v) is 13.1. The van der Waals surface area contributed by atoms with Crippen molar-refractivity contribution in [1.82, 2.24) is 19.6 Å². The summed E-state index contributed by atoms with van der Waals surface area (Å²) in [5.41, 5.74) is 2.24. The molecule has 35 heavy (non-hydrogen) atoms. The number of likely N-dealkylation sites (N-methyl/N-ethyl adjacent to an activating group) is 1. The standard InChI is InChI=1S/C28H40N4O3/c1-21(2)18-23-19-24(31(4)29-23)26(33)32-15-9-14-28(20-32)13-8-7-11-22-10-5-6-12-25(22)35-17-16-30(3)27(28)34/h5-6,10,12,19,21H,7-9,11,13-18,20H2,1-4H3. The number of carbonyl (C=O) groups is 2. The number of carbonyl (C=O) groups excluding carboxylic acids is 2. The molecule has 1 atom stereocenters. The zero-order chi connectivity index (χ0) is 25.0. The highest BCUT2D eigenvalue weighted by Gasteiger charge is 2.44. The number of fused-ring (bicyclic) bond motifs is 1. The molecule has 0 radical (unpaired) electrons. The average Bonchev–Trinajstić information content (AvgIpc) is 3.20. The number of nitrogens with zero attached hydrogens (tertiary/aromatic N) is 4. The molecule has 2 aliphatic heterocycles. The zero-order valence-corrected chi connectivity index (χ0v) is 21.8. The first kappa shape index (κ1) is 25.3. The van der Waals surface area contributed by atoms with Crippen LogP contribution in [-0.2, 0) is 24.7 Å². The van der Waals surface area contributed by atoms with Crippen LogP contribution in [0.1, 0.15) is 67.7 Å². The molecule has 1 aromatic carbocycles. The molecule has 1 spiro atoms. The molecule has 1 fully saturated rings. The fourth-order valence-electron chi connectivity index (χ4n) is 5.63. The van der Waals surface area contributed by atoms with E-state index >= 15 is 0 Å². The van der Waals surface area contributed by atoms with Gasteiger partial charge in [0.05, 0.1) is 17.7 Å². The van der Waals surface area contributed by atoms with Crippen LogP contribution in [0.4, 0.5) is 0 Å². The Hall–Kier alpha value is -2.83. The number of amides is 2. The van der Waals surface area contributed by atoms with Gasteiger partial charge in [-0.1, -0.05) is 38.5 Å². The summed E-state index contributed by atoms with van der Waals surface area (Å²) >= 11 is 0. The smallest absolute Gasteiger partial charge is 0.272 e. The zero-order valence-electron chi connectivity index (χ0n) is 21.8. The fourth-order valence-corrected chi connectivity index (χ4v) is 5.63. The Kier molecular flexibility index (Phi) is 7.82. The van der Waals surface area contributed by atoms with E-state index in [2.05, 4.69) is 31.1 Å². The summed E-state index contributed by atoms with van der Waals surface area (Å²) in [5.74, 6) is 1.52. The van der Waals surface area contributed by atoms with Gasteiger partial charge in [0, 0.05) is 27.2 Å². The van der Waals surface area contributed by atoms with Crippen molar-refractivity contribution in [2.45, 2.75) is 58.8 Å². The summed E-state index contributed by atoms with van der Waals surface area (Å²) in [5, 5.41) is 4.57. The lowest BCUT2D eigenvalue weighted by molar-refractivity contribution is -0.144. The first-order valence-electron chi connectivity index (χ1n) is 13.1. The number of hydrogen-bond acceptors (Lipinski definition) is 4. The van der Waals surface area contributed by atoms with E-state index in [0.29, 0.717) is 37.9 Å². The summed E-state index contributed by atoms with van der Waals surface area (Å²) < 4.78 is 7.75. The Labute approximate surface area is 209 Å². The van der Waals surface area contributed by atoms with Gasteiger partial charge < -0.3 is 14.5 Å². The van der Waals surface area contributed by atoms with Crippen LogP contribution >= 0.6 is 0 Å². The second-order valence-electron chi connectivity index (χ2n) is 10.7. The van der Waals surface area contributed by atoms with Gasteiger partial charge in [0.15, 0.2) is 0 Å². The highest BCUT2D eigenvalue weighted by molar-refractivity contribution is 5.93. The summed E-state index contributed by atoms with van der Waals surface area (Å²) in [6, 6.07) is 10.1. The van der Waals surface area contributed by atoms with Gasteiger partial charge in [0.25, 0.3) is 5.91 Å². The van der Waals surface area contributed by atoms with Crippen molar-refractivity contribution < 1.29 is 14.3 Å². The molecule has 2 aliphatic rings. The minimum atomic E-state index is -0.541. The maximum atomic E-state index is 13.8. The largest absolute Gasteiger partial charge is 0.491 e. The van der Waals surface area contributed by atoms with Crippen molar-refractivity contribution >= 4 is 11.8 Å². The second kappa shape index (κ2) is 10.8. The van der Waals surface area contributed by atoms with Crippen LogP contribution in [0.15, 0.2) is 30.3 Å². The van der Waals surface area contributed by atoms with Crippen LogP contribution in [0.25, 0.3) is 0 Å². The van der Waals surface area contributed by atoms with Crippen LogP contribution in [0, 0.1) is 11.3 Å². The van der Waals surface area contributed by atoms with Gasteiger partial charge in [-0.3, -0.25) is 14.3 Å². The number of hydrogen-bond donors (Lipinski definition) is 0. The maximum Gasteiger partial charge on any atom is 0.272 e. The van der Waals surface area contributed by atoms with Crippen molar-refractivity contribution in [3.63, 3.8) is 0 Å². The average molecular weight is 481 g/mol. The van der Waals surface area contributed by atoms with E-state index in [1.807, 2.05) is 42.1 Å². The van der Waals surface area contributed by atoms with Crippen LogP contribution in [0.3, 0.4) is 0 Å². The predicted molar refractivity (Wildman–Crippen MR) is 136 cm³/mol. The van der Waals surface area contributed by atoms with Crippen molar-refractivity contribution in [2.75, 3.05) is 33.3 Å². The normalized spacial score (nSPS) is 21.9. The van der Waals surface area contributed by atoms with Crippen molar-refractivity contribution in [1.29, 1.82) is 0 Å². The Morgan fingerprint density at radius 1 is 1.11 bits per heavy atom. The summed E-state index contributed by atoms with van der Waals surface area (Å²) in [7, 11) is 3.70. The Morgan fingerprint density at radius 2 is 1.89 bits per heavy atom. The number of ether oxygens (including phenoxy) is 1. The van der Waals surface area contributed by atoms with Crippen LogP contribution in [0.5, 0.6) is 5.75 Å². The summed E-state index contributed by atoms with van der Waals surface area (Å²) in [6.07, 6.45) is 6.18. The molecule has 0 aliphatic carbocycles. The molecular weight excluding hydrogens is 440 g/mol. The molecular formula is C28H40N4O3. The summed E-state index contributed by atoms with van der Waals surface area (Å²) in [6.45, 7) is 6.45. The van der Waals surface area contributed by atoms with Crippen molar-refractivity contribution in [3.05, 3.63) is 47.3 Å². The number of rotatable bonds is 3. The van der Waals surface area contributed by atoms with Gasteiger partial charge in [-0.25, -0.2) is 0 Å². The van der Waals surface area contributed by atoms with Gasteiger partial charge >= 0.3 is 0 Å². The molecule has 3 heterocycles. The number of para-hydroxylation sites is 1. The molecule has 190 valence electrons. The molecule has 0 bridgehead atoms. The second-order valence-corrected chi connectivity index (χ2v) is 10.7. The van der Waals surface area contributed by atoms with Crippen LogP contribution in [-0.4, -0.2) is 64.7 Å². The van der Waals surface area contributed by atoms with Gasteiger partial charge in [-0.05, 0) is 62.1 Å². The first-order chi connectivity index (χ1) is 16.8. The van der Waals surface area contributed by atoms with Crippen molar-refractivity contribution in [2.24, 2.45) is 18.4 Å². The van der Waals surface area contributed by atoms with E-state index in [0.717, 1.165) is 56.4 Å². The molecule has 1 aromatic heterocycles. The number of benzene rings is 1. The maximum absolute atomic E-state index is 13.8. The van der Waals surface area contributed by atoms with Gasteiger partial charge in [0.1, 0.15) is 18.1 Å². The number of piperidine rings is 1. The third kappa shape index (κ3) is 5.71. The molecule has 1 unspecified atom stereocenters. The predicted octanol–water partition coefficient (Wildman–Crippen LogP) is 4.10. The van der Waals surface area contributed by atoms with Crippen LogP contribution in [0.2, 0.25) is 0 Å². The molecule has 2 amide bonds. The quantitative estimate of drug-likeness (QED) is 0.663. The SMILES string of the molecule is CC(C)Cc1cc(C(=O)N2CCCC3(CCCCc4ccccc4OCCN(C)C3=O)C2)n(C)n1. The lowest BCUT2D eigenvalue weighted by atomic mass is 9.74. The van der Waals surface area contributed by atoms with E-state index in [1.165, 1.54) is 5.56 Å². The fraction of sp³-hybridized carbons (Fsp3) is 0.607. The monoisotopic (exact) mass is 480 g/mol. The molecule has 2 aromatic rings. The molecule has 0 saturated carbocycles. The topological polar surface area (TPSA) is 67.7 Å². The highest BCUT2D eigenvalue weighted by atomic mass is 16.5. The molecule has 7 heteroatoms. The number of aromatic nitrogens is 2. The van der Waals surface area contributed by atoms with E-state index in [9.17, 15) is 9.59 Å². The Bertz CT molecular complexity index is 1050. The molecule has 1 saturated heterocycles. The Morgan fingerprint density at radius 3 is 2.69 bits per heavy atom. The van der Waals surface area contributed by atoms with E-state index in [-0.39, 0.29) is 11.8 Å². The van der Waals surface area contributed by atoms with Crippen LogP contribution < -0.4 is 4.74 Å². The van der Waals surface area contributed by atoms with Gasteiger partial charge in [-0.2, -0.15) is 5.10 Å². The third-order valence-corrected chi connectivity index (χ3v) is 7.44. The van der Waals surface area contributed by atoms with Gasteiger partial charge in [-0.15, -0.1) is 0 Å². The summed E-state index contributed by atoms with van der Waals surface area (Å²) in [4.78, 5) is 31.1. The highest BCUT2D eigenvalue weighted by Crippen LogP contribution is 2.38. The third-order valence-electron chi connectivity index (χ3n) is 7.44. The van der Waals surface area contributed by atoms with E-state index in [4.69, 9.17) is 4.74 Å². The molecule has 4 rings (SSSR count).